The lowest BCUT2D eigenvalue weighted by molar-refractivity contribution is -0.146. The molecule has 0 amide bonds. The van der Waals surface area contributed by atoms with Crippen LogP contribution in [0.5, 0.6) is 11.5 Å². The quantitative estimate of drug-likeness (QED) is 0.736. The van der Waals surface area contributed by atoms with E-state index in [-0.39, 0.29) is 6.42 Å². The largest absolute Gasteiger partial charge is 0.493 e. The van der Waals surface area contributed by atoms with Gasteiger partial charge in [-0.1, -0.05) is 30.3 Å². The molecule has 2 aromatic carbocycles. The molecule has 3 nitrogen and oxygen atoms in total. The van der Waals surface area contributed by atoms with E-state index < -0.39 is 12.2 Å². The van der Waals surface area contributed by atoms with E-state index in [4.69, 9.17) is 9.47 Å². The highest BCUT2D eigenvalue weighted by molar-refractivity contribution is 5.81. The zero-order valence-corrected chi connectivity index (χ0v) is 13.4. The Morgan fingerprint density at radius 2 is 1.67 bits per heavy atom. The van der Waals surface area contributed by atoms with E-state index in [2.05, 4.69) is 4.99 Å². The molecule has 0 radical (unpaired) electrons. The van der Waals surface area contributed by atoms with Crippen molar-refractivity contribution in [3.05, 3.63) is 59.7 Å². The second-order valence-corrected chi connectivity index (χ2v) is 5.14. The highest BCUT2D eigenvalue weighted by Crippen LogP contribution is 2.28. The number of alkyl halides is 3. The molecule has 0 saturated heterocycles. The molecule has 0 aliphatic carbocycles. The molecule has 24 heavy (non-hydrogen) atoms. The molecule has 0 spiro atoms. The summed E-state index contributed by atoms with van der Waals surface area (Å²) in [6.45, 7) is 0. The van der Waals surface area contributed by atoms with Crippen LogP contribution in [0.15, 0.2) is 53.5 Å². The van der Waals surface area contributed by atoms with Crippen molar-refractivity contribution in [2.45, 2.75) is 18.6 Å². The Kier molecular flexibility index (Phi) is 5.84. The van der Waals surface area contributed by atoms with Gasteiger partial charge in [-0.15, -0.1) is 0 Å². The third-order valence-corrected chi connectivity index (χ3v) is 3.46. The summed E-state index contributed by atoms with van der Waals surface area (Å²) < 4.78 is 49.9. The number of methoxy groups -OCH3 is 2. The summed E-state index contributed by atoms with van der Waals surface area (Å²) in [6, 6.07) is 11.5. The van der Waals surface area contributed by atoms with E-state index >= 15 is 0 Å². The van der Waals surface area contributed by atoms with Crippen molar-refractivity contribution < 1.29 is 22.6 Å². The third-order valence-electron chi connectivity index (χ3n) is 3.46. The average Bonchev–Trinajstić information content (AvgIpc) is 2.58. The summed E-state index contributed by atoms with van der Waals surface area (Å²) in [5.74, 6) is 0.944. The maximum Gasteiger partial charge on any atom is 0.411 e. The van der Waals surface area contributed by atoms with Gasteiger partial charge in [0.1, 0.15) is 6.04 Å². The van der Waals surface area contributed by atoms with E-state index in [0.29, 0.717) is 22.6 Å². The molecule has 0 aliphatic rings. The number of benzene rings is 2. The molecule has 2 rings (SSSR count). The molecular formula is C18H18F3NO2. The van der Waals surface area contributed by atoms with Gasteiger partial charge in [0.05, 0.1) is 14.2 Å². The molecule has 1 unspecified atom stereocenters. The van der Waals surface area contributed by atoms with Crippen LogP contribution in [0.4, 0.5) is 13.2 Å². The smallest absolute Gasteiger partial charge is 0.411 e. The van der Waals surface area contributed by atoms with Gasteiger partial charge in [0.2, 0.25) is 0 Å². The standard InChI is InChI=1S/C18H18F3NO2/c1-23-15-9-8-14(10-16(15)24-2)12-22-17(18(19,20)21)11-13-6-4-3-5-7-13/h3-10,12,17H,11H2,1-2H3. The minimum atomic E-state index is -4.41. The van der Waals surface area contributed by atoms with Crippen LogP contribution in [-0.2, 0) is 6.42 Å². The number of hydrogen-bond acceptors (Lipinski definition) is 3. The first-order valence-corrected chi connectivity index (χ1v) is 7.30. The third kappa shape index (κ3) is 4.75. The van der Waals surface area contributed by atoms with Crippen molar-refractivity contribution in [1.29, 1.82) is 0 Å². The van der Waals surface area contributed by atoms with Crippen LogP contribution in [-0.4, -0.2) is 32.7 Å². The lowest BCUT2D eigenvalue weighted by atomic mass is 10.1. The van der Waals surface area contributed by atoms with Gasteiger partial charge in [-0.05, 0) is 29.3 Å². The van der Waals surface area contributed by atoms with Crippen LogP contribution in [0.2, 0.25) is 0 Å². The maximum absolute atomic E-state index is 13.2. The van der Waals surface area contributed by atoms with Gasteiger partial charge in [0, 0.05) is 12.6 Å². The molecule has 0 N–H and O–H groups in total. The van der Waals surface area contributed by atoms with Crippen LogP contribution in [0.1, 0.15) is 11.1 Å². The zero-order chi connectivity index (χ0) is 17.6. The van der Waals surface area contributed by atoms with Crippen LogP contribution in [0, 0.1) is 0 Å². The van der Waals surface area contributed by atoms with Crippen LogP contribution >= 0.6 is 0 Å². The fourth-order valence-electron chi connectivity index (χ4n) is 2.20. The van der Waals surface area contributed by atoms with Gasteiger partial charge in [0.15, 0.2) is 11.5 Å². The number of halogens is 3. The molecule has 1 atom stereocenters. The Morgan fingerprint density at radius 1 is 1.00 bits per heavy atom. The van der Waals surface area contributed by atoms with E-state index in [0.717, 1.165) is 0 Å². The van der Waals surface area contributed by atoms with E-state index in [1.165, 1.54) is 20.4 Å². The Labute approximate surface area is 138 Å². The molecule has 0 saturated carbocycles. The number of nitrogens with zero attached hydrogens (tertiary/aromatic N) is 1. The predicted molar refractivity (Wildman–Crippen MR) is 87.1 cm³/mol. The summed E-state index contributed by atoms with van der Waals surface area (Å²) in [5, 5.41) is 0. The normalized spacial score (nSPS) is 13.0. The van der Waals surface area contributed by atoms with Gasteiger partial charge in [-0.3, -0.25) is 4.99 Å². The number of ether oxygens (including phenoxy) is 2. The summed E-state index contributed by atoms with van der Waals surface area (Å²) in [4.78, 5) is 3.75. The van der Waals surface area contributed by atoms with Crippen LogP contribution in [0.25, 0.3) is 0 Å². The molecule has 0 heterocycles. The topological polar surface area (TPSA) is 30.8 Å². The van der Waals surface area contributed by atoms with Crippen LogP contribution < -0.4 is 9.47 Å². The Bertz CT molecular complexity index is 684. The molecule has 0 aliphatic heterocycles. The lowest BCUT2D eigenvalue weighted by Gasteiger charge is -2.16. The van der Waals surface area contributed by atoms with Gasteiger partial charge >= 0.3 is 6.18 Å². The second-order valence-electron chi connectivity index (χ2n) is 5.14. The van der Waals surface area contributed by atoms with Gasteiger partial charge in [0.25, 0.3) is 0 Å². The minimum absolute atomic E-state index is 0.200. The first-order valence-electron chi connectivity index (χ1n) is 7.30. The minimum Gasteiger partial charge on any atom is -0.493 e. The second kappa shape index (κ2) is 7.86. The number of aliphatic imine (C=N–C) groups is 1. The molecule has 6 heteroatoms. The monoisotopic (exact) mass is 337 g/mol. The van der Waals surface area contributed by atoms with Gasteiger partial charge in [-0.2, -0.15) is 13.2 Å². The fraction of sp³-hybridized carbons (Fsp3) is 0.278. The van der Waals surface area contributed by atoms with E-state index in [1.54, 1.807) is 48.5 Å². The summed E-state index contributed by atoms with van der Waals surface area (Å²) in [7, 11) is 2.96. The van der Waals surface area contributed by atoms with Crippen molar-refractivity contribution >= 4 is 6.21 Å². The van der Waals surface area contributed by atoms with Crippen molar-refractivity contribution in [3.8, 4) is 11.5 Å². The van der Waals surface area contributed by atoms with E-state index in [9.17, 15) is 13.2 Å². The first kappa shape index (κ1) is 17.8. The zero-order valence-electron chi connectivity index (χ0n) is 13.4. The van der Waals surface area contributed by atoms with Crippen LogP contribution in [0.3, 0.4) is 0 Å². The highest BCUT2D eigenvalue weighted by Gasteiger charge is 2.39. The molecule has 2 aromatic rings. The van der Waals surface area contributed by atoms with Gasteiger partial charge in [-0.25, -0.2) is 0 Å². The maximum atomic E-state index is 13.2. The average molecular weight is 337 g/mol. The van der Waals surface area contributed by atoms with Crippen molar-refractivity contribution in [3.63, 3.8) is 0 Å². The Morgan fingerprint density at radius 3 is 2.25 bits per heavy atom. The highest BCUT2D eigenvalue weighted by atomic mass is 19.4. The Hall–Kier alpha value is -2.50. The molecule has 128 valence electrons. The van der Waals surface area contributed by atoms with Crippen molar-refractivity contribution in [2.24, 2.45) is 4.99 Å². The number of rotatable bonds is 6. The number of hydrogen-bond donors (Lipinski definition) is 0. The molecule has 0 aromatic heterocycles. The Balaban J connectivity index is 2.21. The summed E-state index contributed by atoms with van der Waals surface area (Å²) >= 11 is 0. The van der Waals surface area contributed by atoms with Crippen molar-refractivity contribution in [1.82, 2.24) is 0 Å². The summed E-state index contributed by atoms with van der Waals surface area (Å²) in [6.07, 6.45) is -3.40. The van der Waals surface area contributed by atoms with Gasteiger partial charge < -0.3 is 9.47 Å². The molecule has 0 fully saturated rings. The van der Waals surface area contributed by atoms with E-state index in [1.807, 2.05) is 0 Å². The molecular weight excluding hydrogens is 319 g/mol. The van der Waals surface area contributed by atoms with Crippen molar-refractivity contribution in [2.75, 3.05) is 14.2 Å². The summed E-state index contributed by atoms with van der Waals surface area (Å²) in [5.41, 5.74) is 1.10. The lowest BCUT2D eigenvalue weighted by Crippen LogP contribution is -2.29. The SMILES string of the molecule is COc1ccc(C=NC(Cc2ccccc2)C(F)(F)F)cc1OC. The predicted octanol–water partition coefficient (Wildman–Crippen LogP) is 4.30. The fourth-order valence-corrected chi connectivity index (χ4v) is 2.20. The first-order chi connectivity index (χ1) is 11.4. The molecule has 0 bridgehead atoms.